The second-order valence-corrected chi connectivity index (χ2v) is 2.64. The number of nitriles is 2. The summed E-state index contributed by atoms with van der Waals surface area (Å²) in [6.07, 6.45) is -0.698. The lowest BCUT2D eigenvalue weighted by Gasteiger charge is -2.07. The number of nitrogens with zero attached hydrogens (tertiary/aromatic N) is 2. The van der Waals surface area contributed by atoms with E-state index in [1.54, 1.807) is 12.1 Å². The molecular formula is C8H8N2O3. The Bertz CT molecular complexity index is 256. The summed E-state index contributed by atoms with van der Waals surface area (Å²) in [7, 11) is 0. The van der Waals surface area contributed by atoms with Crippen molar-refractivity contribution < 1.29 is 14.3 Å². The zero-order valence-electron chi connectivity index (χ0n) is 6.90. The highest BCUT2D eigenvalue weighted by atomic mass is 16.5. The van der Waals surface area contributed by atoms with Gasteiger partial charge in [-0.3, -0.25) is 4.79 Å². The molecule has 1 aliphatic rings. The van der Waals surface area contributed by atoms with Gasteiger partial charge < -0.3 is 9.47 Å². The molecule has 0 aromatic heterocycles. The molecule has 0 aromatic carbocycles. The van der Waals surface area contributed by atoms with Crippen LogP contribution in [0, 0.1) is 28.6 Å². The minimum absolute atomic E-state index is 0.316. The Morgan fingerprint density at radius 3 is 2.69 bits per heavy atom. The van der Waals surface area contributed by atoms with Crippen molar-refractivity contribution in [2.45, 2.75) is 12.5 Å². The van der Waals surface area contributed by atoms with Gasteiger partial charge in [-0.2, -0.15) is 10.5 Å². The molecule has 1 rings (SSSR count). The first-order chi connectivity index (χ1) is 6.27. The Balaban J connectivity index is 2.41. The van der Waals surface area contributed by atoms with Crippen molar-refractivity contribution >= 4 is 5.97 Å². The third-order valence-electron chi connectivity index (χ3n) is 1.73. The Hall–Kier alpha value is -1.59. The van der Waals surface area contributed by atoms with Crippen molar-refractivity contribution in [3.8, 4) is 12.1 Å². The summed E-state index contributed by atoms with van der Waals surface area (Å²) in [5.74, 6) is -0.838. The van der Waals surface area contributed by atoms with Crippen LogP contribution in [0.1, 0.15) is 6.42 Å². The van der Waals surface area contributed by atoms with Crippen LogP contribution in [0.5, 0.6) is 0 Å². The van der Waals surface area contributed by atoms with Crippen LogP contribution in [0.25, 0.3) is 0 Å². The molecule has 1 fully saturated rings. The molecule has 5 nitrogen and oxygen atoms in total. The number of ether oxygens (including phenoxy) is 2. The van der Waals surface area contributed by atoms with Crippen molar-refractivity contribution in [2.24, 2.45) is 5.92 Å². The predicted molar refractivity (Wildman–Crippen MR) is 40.0 cm³/mol. The highest BCUT2D eigenvalue weighted by molar-refractivity contribution is 5.73. The molecule has 13 heavy (non-hydrogen) atoms. The van der Waals surface area contributed by atoms with Gasteiger partial charge in [0.25, 0.3) is 6.10 Å². The van der Waals surface area contributed by atoms with Crippen LogP contribution in [0.15, 0.2) is 0 Å². The van der Waals surface area contributed by atoms with Crippen LogP contribution in [-0.4, -0.2) is 25.3 Å². The Labute approximate surface area is 75.5 Å². The van der Waals surface area contributed by atoms with E-state index in [0.717, 1.165) is 0 Å². The lowest BCUT2D eigenvalue weighted by molar-refractivity contribution is -0.149. The SMILES string of the molecule is N#CC(C#N)OC(=O)C1CCOC1. The number of esters is 1. The molecule has 1 saturated heterocycles. The number of rotatable bonds is 2. The number of carbonyl (C=O) groups is 1. The van der Waals surface area contributed by atoms with E-state index < -0.39 is 12.1 Å². The largest absolute Gasteiger partial charge is 0.432 e. The summed E-state index contributed by atoms with van der Waals surface area (Å²) < 4.78 is 9.55. The monoisotopic (exact) mass is 180 g/mol. The topological polar surface area (TPSA) is 83.1 Å². The van der Waals surface area contributed by atoms with Gasteiger partial charge >= 0.3 is 5.97 Å². The molecule has 5 heteroatoms. The van der Waals surface area contributed by atoms with Gasteiger partial charge in [0.05, 0.1) is 12.5 Å². The zero-order valence-corrected chi connectivity index (χ0v) is 6.90. The fourth-order valence-corrected chi connectivity index (χ4v) is 1.01. The fourth-order valence-electron chi connectivity index (χ4n) is 1.01. The Kier molecular flexibility index (Phi) is 3.24. The molecule has 0 aromatic rings. The van der Waals surface area contributed by atoms with E-state index in [1.165, 1.54) is 0 Å². The van der Waals surface area contributed by atoms with E-state index in [9.17, 15) is 4.79 Å². The molecule has 0 N–H and O–H groups in total. The summed E-state index contributed by atoms with van der Waals surface area (Å²) >= 11 is 0. The van der Waals surface area contributed by atoms with Gasteiger partial charge in [-0.15, -0.1) is 0 Å². The molecule has 0 spiro atoms. The average Bonchev–Trinajstić information content (AvgIpc) is 2.66. The van der Waals surface area contributed by atoms with Crippen LogP contribution >= 0.6 is 0 Å². The van der Waals surface area contributed by atoms with Gasteiger partial charge in [-0.05, 0) is 6.42 Å². The molecule has 0 radical (unpaired) electrons. The van der Waals surface area contributed by atoms with Gasteiger partial charge in [0.2, 0.25) is 0 Å². The Morgan fingerprint density at radius 1 is 1.54 bits per heavy atom. The lowest BCUT2D eigenvalue weighted by atomic mass is 10.1. The standard InChI is InChI=1S/C8H8N2O3/c9-3-7(4-10)13-8(11)6-1-2-12-5-6/h6-7H,1-2,5H2. The first-order valence-corrected chi connectivity index (χ1v) is 3.85. The van der Waals surface area contributed by atoms with Gasteiger partial charge in [0, 0.05) is 6.61 Å². The molecule has 1 atom stereocenters. The highest BCUT2D eigenvalue weighted by Crippen LogP contribution is 2.14. The molecular weight excluding hydrogens is 172 g/mol. The second-order valence-electron chi connectivity index (χ2n) is 2.64. The van der Waals surface area contributed by atoms with Crippen LogP contribution in [0.4, 0.5) is 0 Å². The van der Waals surface area contributed by atoms with E-state index >= 15 is 0 Å². The van der Waals surface area contributed by atoms with E-state index in [4.69, 9.17) is 15.3 Å². The Morgan fingerprint density at radius 2 is 2.23 bits per heavy atom. The van der Waals surface area contributed by atoms with Gasteiger partial charge in [0.1, 0.15) is 12.1 Å². The van der Waals surface area contributed by atoms with Gasteiger partial charge in [-0.25, -0.2) is 0 Å². The summed E-state index contributed by atoms with van der Waals surface area (Å²) in [4.78, 5) is 11.2. The van der Waals surface area contributed by atoms with Crippen molar-refractivity contribution in [3.63, 3.8) is 0 Å². The van der Waals surface area contributed by atoms with Crippen LogP contribution < -0.4 is 0 Å². The van der Waals surface area contributed by atoms with Crippen LogP contribution in [-0.2, 0) is 14.3 Å². The third kappa shape index (κ3) is 2.43. The predicted octanol–water partition coefficient (Wildman–Crippen LogP) is -0.0181. The number of carbonyl (C=O) groups excluding carboxylic acids is 1. The zero-order chi connectivity index (χ0) is 9.68. The normalized spacial score (nSPS) is 20.7. The quantitative estimate of drug-likeness (QED) is 0.557. The molecule has 0 aliphatic carbocycles. The maximum Gasteiger partial charge on any atom is 0.313 e. The molecule has 1 unspecified atom stereocenters. The number of hydrogen-bond acceptors (Lipinski definition) is 5. The first kappa shape index (κ1) is 9.50. The van der Waals surface area contributed by atoms with Crippen molar-refractivity contribution in [1.29, 1.82) is 10.5 Å². The van der Waals surface area contributed by atoms with E-state index in [0.29, 0.717) is 19.6 Å². The first-order valence-electron chi connectivity index (χ1n) is 3.85. The minimum Gasteiger partial charge on any atom is -0.432 e. The third-order valence-corrected chi connectivity index (χ3v) is 1.73. The van der Waals surface area contributed by atoms with Crippen molar-refractivity contribution in [1.82, 2.24) is 0 Å². The maximum atomic E-state index is 11.2. The number of hydrogen-bond donors (Lipinski definition) is 0. The van der Waals surface area contributed by atoms with Crippen LogP contribution in [0.2, 0.25) is 0 Å². The fraction of sp³-hybridized carbons (Fsp3) is 0.625. The second kappa shape index (κ2) is 4.44. The van der Waals surface area contributed by atoms with Gasteiger partial charge in [0.15, 0.2) is 0 Å². The average molecular weight is 180 g/mol. The molecule has 68 valence electrons. The van der Waals surface area contributed by atoms with Gasteiger partial charge in [-0.1, -0.05) is 0 Å². The molecule has 0 amide bonds. The van der Waals surface area contributed by atoms with Crippen molar-refractivity contribution in [3.05, 3.63) is 0 Å². The smallest absolute Gasteiger partial charge is 0.313 e. The highest BCUT2D eigenvalue weighted by Gasteiger charge is 2.27. The molecule has 1 heterocycles. The van der Waals surface area contributed by atoms with Crippen molar-refractivity contribution in [2.75, 3.05) is 13.2 Å². The molecule has 1 aliphatic heterocycles. The summed E-state index contributed by atoms with van der Waals surface area (Å²) in [5, 5.41) is 16.7. The van der Waals surface area contributed by atoms with Crippen LogP contribution in [0.3, 0.4) is 0 Å². The lowest BCUT2D eigenvalue weighted by Crippen LogP contribution is -2.22. The molecule has 0 saturated carbocycles. The maximum absolute atomic E-state index is 11.2. The van der Waals surface area contributed by atoms with E-state index in [-0.39, 0.29) is 5.92 Å². The summed E-state index contributed by atoms with van der Waals surface area (Å²) in [5.41, 5.74) is 0. The summed E-state index contributed by atoms with van der Waals surface area (Å²) in [6.45, 7) is 0.853. The van der Waals surface area contributed by atoms with E-state index in [2.05, 4.69) is 4.74 Å². The van der Waals surface area contributed by atoms with E-state index in [1.807, 2.05) is 0 Å². The summed E-state index contributed by atoms with van der Waals surface area (Å²) in [6, 6.07) is 3.12. The molecule has 0 bridgehead atoms. The minimum atomic E-state index is -1.30.